The van der Waals surface area contributed by atoms with E-state index in [1.165, 1.54) is 5.56 Å². The van der Waals surface area contributed by atoms with Crippen LogP contribution in [0.5, 0.6) is 5.75 Å². The van der Waals surface area contributed by atoms with E-state index in [2.05, 4.69) is 45.0 Å². The molecule has 5 heteroatoms. The molecule has 1 atom stereocenters. The van der Waals surface area contributed by atoms with Crippen molar-refractivity contribution in [1.82, 2.24) is 4.40 Å². The molecule has 0 radical (unpaired) electrons. The molecule has 0 aliphatic carbocycles. The minimum absolute atomic E-state index is 0.0570. The summed E-state index contributed by atoms with van der Waals surface area (Å²) in [5, 5.41) is 8.97. The second-order valence-electron chi connectivity index (χ2n) is 9.96. The molecule has 0 aliphatic heterocycles. The number of ether oxygens (including phenoxy) is 1. The van der Waals surface area contributed by atoms with Gasteiger partial charge in [0.1, 0.15) is 11.9 Å². The maximum atomic E-state index is 13.4. The van der Waals surface area contributed by atoms with Crippen LogP contribution in [0, 0.1) is 5.92 Å². The van der Waals surface area contributed by atoms with Crippen LogP contribution in [0.2, 0.25) is 0 Å². The molecule has 0 fully saturated rings. The molecule has 1 N–H and O–H groups in total. The van der Waals surface area contributed by atoms with Crippen LogP contribution < -0.4 is 4.74 Å². The fourth-order valence-electron chi connectivity index (χ4n) is 4.75. The van der Waals surface area contributed by atoms with Crippen molar-refractivity contribution < 1.29 is 19.4 Å². The Labute approximate surface area is 218 Å². The lowest BCUT2D eigenvalue weighted by molar-refractivity contribution is -0.137. The van der Waals surface area contributed by atoms with E-state index in [4.69, 9.17) is 9.84 Å². The van der Waals surface area contributed by atoms with Crippen LogP contribution >= 0.6 is 0 Å². The quantitative estimate of drug-likeness (QED) is 0.208. The number of carboxylic acid groups (broad SMARTS) is 1. The highest BCUT2D eigenvalue weighted by Crippen LogP contribution is 2.27. The first-order valence-corrected chi connectivity index (χ1v) is 13.1. The topological polar surface area (TPSA) is 68.0 Å². The van der Waals surface area contributed by atoms with Gasteiger partial charge >= 0.3 is 5.97 Å². The highest BCUT2D eigenvalue weighted by atomic mass is 16.5. The predicted molar refractivity (Wildman–Crippen MR) is 146 cm³/mol. The molecule has 192 valence electrons. The molecule has 37 heavy (non-hydrogen) atoms. The summed E-state index contributed by atoms with van der Waals surface area (Å²) in [5.74, 6) is 0.477. The van der Waals surface area contributed by atoms with Crippen LogP contribution in [-0.4, -0.2) is 21.3 Å². The number of hydrogen-bond donors (Lipinski definition) is 1. The lowest BCUT2D eigenvalue weighted by Gasteiger charge is -2.19. The molecule has 1 unspecified atom stereocenters. The Morgan fingerprint density at radius 3 is 2.35 bits per heavy atom. The Morgan fingerprint density at radius 1 is 0.973 bits per heavy atom. The summed E-state index contributed by atoms with van der Waals surface area (Å²) in [4.78, 5) is 24.3. The molecule has 0 aliphatic rings. The number of fused-ring (bicyclic) bond motifs is 1. The Bertz CT molecular complexity index is 1350. The van der Waals surface area contributed by atoms with Gasteiger partial charge in [-0.3, -0.25) is 9.59 Å². The molecule has 0 spiro atoms. The smallest absolute Gasteiger partial charge is 0.303 e. The highest BCUT2D eigenvalue weighted by Gasteiger charge is 2.18. The average molecular weight is 498 g/mol. The van der Waals surface area contributed by atoms with Gasteiger partial charge in [-0.15, -0.1) is 0 Å². The zero-order valence-corrected chi connectivity index (χ0v) is 21.8. The Balaban J connectivity index is 1.49. The second-order valence-corrected chi connectivity index (χ2v) is 9.96. The standard InChI is InChI=1S/C32H35NO4/c1-4-30(24-13-11-23(12-14-24)20-22(2)3)37-27-17-15-25(16-18-27)32(36)28-21-26(8-7-10-31(34)35)33-19-6-5-9-29(28)33/h5-6,9,11-19,21-22,30H,4,7-8,10,20H2,1-3H3,(H,34,35). The zero-order valence-electron chi connectivity index (χ0n) is 21.8. The number of carboxylic acids is 1. The molecule has 0 amide bonds. The van der Waals surface area contributed by atoms with E-state index in [0.717, 1.165) is 35.4 Å². The van der Waals surface area contributed by atoms with Crippen molar-refractivity contribution in [2.45, 2.75) is 59.0 Å². The van der Waals surface area contributed by atoms with E-state index in [9.17, 15) is 9.59 Å². The molecule has 0 saturated heterocycles. The first kappa shape index (κ1) is 26.2. The summed E-state index contributed by atoms with van der Waals surface area (Å²) in [6, 6.07) is 23.6. The normalized spacial score (nSPS) is 12.1. The van der Waals surface area contributed by atoms with Gasteiger partial charge in [-0.1, -0.05) is 51.1 Å². The van der Waals surface area contributed by atoms with E-state index in [0.29, 0.717) is 29.9 Å². The number of aliphatic carboxylic acids is 1. The fourth-order valence-corrected chi connectivity index (χ4v) is 4.75. The van der Waals surface area contributed by atoms with Crippen molar-refractivity contribution in [3.8, 4) is 5.75 Å². The second kappa shape index (κ2) is 11.9. The monoisotopic (exact) mass is 497 g/mol. The summed E-state index contributed by atoms with van der Waals surface area (Å²) in [5.41, 5.74) is 5.44. The number of benzene rings is 2. The summed E-state index contributed by atoms with van der Waals surface area (Å²) < 4.78 is 8.26. The Morgan fingerprint density at radius 2 is 1.70 bits per heavy atom. The average Bonchev–Trinajstić information content (AvgIpc) is 3.26. The molecule has 4 rings (SSSR count). The third kappa shape index (κ3) is 6.48. The zero-order chi connectivity index (χ0) is 26.4. The Hall–Kier alpha value is -3.86. The predicted octanol–water partition coefficient (Wildman–Crippen LogP) is 7.31. The van der Waals surface area contributed by atoms with E-state index in [1.54, 1.807) is 0 Å². The number of nitrogens with zero attached hydrogens (tertiary/aromatic N) is 1. The minimum atomic E-state index is -0.812. The van der Waals surface area contributed by atoms with Crippen LogP contribution in [0.25, 0.3) is 5.52 Å². The first-order chi connectivity index (χ1) is 17.9. The molecule has 2 aromatic heterocycles. The van der Waals surface area contributed by atoms with Gasteiger partial charge < -0.3 is 14.2 Å². The molecule has 2 heterocycles. The van der Waals surface area contributed by atoms with Gasteiger partial charge in [0.05, 0.1) is 5.52 Å². The van der Waals surface area contributed by atoms with E-state index in [-0.39, 0.29) is 18.3 Å². The number of aromatic nitrogens is 1. The maximum Gasteiger partial charge on any atom is 0.303 e. The summed E-state index contributed by atoms with van der Waals surface area (Å²) in [6.45, 7) is 6.55. The SMILES string of the molecule is CCC(Oc1ccc(C(=O)c2cc(CCCC(=O)O)n3ccccc23)cc1)c1ccc(CC(C)C)cc1. The summed E-state index contributed by atoms with van der Waals surface area (Å²) >= 11 is 0. The van der Waals surface area contributed by atoms with E-state index in [1.807, 2.05) is 59.1 Å². The first-order valence-electron chi connectivity index (χ1n) is 13.1. The Kier molecular flexibility index (Phi) is 8.44. The number of ketones is 1. The van der Waals surface area contributed by atoms with Crippen molar-refractivity contribution in [2.24, 2.45) is 5.92 Å². The van der Waals surface area contributed by atoms with Gasteiger partial charge in [0.2, 0.25) is 0 Å². The minimum Gasteiger partial charge on any atom is -0.486 e. The van der Waals surface area contributed by atoms with Gasteiger partial charge in [-0.2, -0.15) is 0 Å². The van der Waals surface area contributed by atoms with E-state index >= 15 is 0 Å². The molecule has 4 aromatic rings. The van der Waals surface area contributed by atoms with Crippen molar-refractivity contribution in [3.05, 3.63) is 107 Å². The lowest BCUT2D eigenvalue weighted by Crippen LogP contribution is -2.07. The number of carbonyl (C=O) groups excluding carboxylic acids is 1. The van der Waals surface area contributed by atoms with Crippen molar-refractivity contribution >= 4 is 17.3 Å². The van der Waals surface area contributed by atoms with Crippen LogP contribution in [0.3, 0.4) is 0 Å². The highest BCUT2D eigenvalue weighted by molar-refractivity contribution is 6.13. The summed E-state index contributed by atoms with van der Waals surface area (Å²) in [7, 11) is 0. The van der Waals surface area contributed by atoms with Crippen molar-refractivity contribution in [3.63, 3.8) is 0 Å². The van der Waals surface area contributed by atoms with Gasteiger partial charge in [0, 0.05) is 29.4 Å². The number of hydrogen-bond acceptors (Lipinski definition) is 3. The molecule has 0 bridgehead atoms. The van der Waals surface area contributed by atoms with Gasteiger partial charge in [0.25, 0.3) is 0 Å². The fraction of sp³-hybridized carbons (Fsp3) is 0.312. The molecule has 5 nitrogen and oxygen atoms in total. The third-order valence-electron chi connectivity index (χ3n) is 6.59. The maximum absolute atomic E-state index is 13.4. The third-order valence-corrected chi connectivity index (χ3v) is 6.59. The number of aryl methyl sites for hydroxylation is 1. The van der Waals surface area contributed by atoms with Crippen LogP contribution in [-0.2, 0) is 17.6 Å². The van der Waals surface area contributed by atoms with Crippen LogP contribution in [0.1, 0.15) is 78.9 Å². The van der Waals surface area contributed by atoms with Crippen LogP contribution in [0.4, 0.5) is 0 Å². The van der Waals surface area contributed by atoms with Gasteiger partial charge in [-0.25, -0.2) is 0 Å². The van der Waals surface area contributed by atoms with Crippen LogP contribution in [0.15, 0.2) is 79.0 Å². The molecular weight excluding hydrogens is 462 g/mol. The van der Waals surface area contributed by atoms with E-state index < -0.39 is 5.97 Å². The number of pyridine rings is 1. The number of carbonyl (C=O) groups is 2. The van der Waals surface area contributed by atoms with Gasteiger partial charge in [0.15, 0.2) is 5.78 Å². The summed E-state index contributed by atoms with van der Waals surface area (Å²) in [6.07, 6.45) is 4.98. The molecule has 0 saturated carbocycles. The molecule has 2 aromatic carbocycles. The number of rotatable bonds is 12. The molecular formula is C32H35NO4. The van der Waals surface area contributed by atoms with Crippen molar-refractivity contribution in [1.29, 1.82) is 0 Å². The van der Waals surface area contributed by atoms with Crippen molar-refractivity contribution in [2.75, 3.05) is 0 Å². The van der Waals surface area contributed by atoms with Gasteiger partial charge in [-0.05, 0) is 85.2 Å². The largest absolute Gasteiger partial charge is 0.486 e. The lowest BCUT2D eigenvalue weighted by atomic mass is 9.99.